The molecule has 3 heterocycles. The van der Waals surface area contributed by atoms with Crippen LogP contribution in [-0.4, -0.2) is 42.3 Å². The average Bonchev–Trinajstić information content (AvgIpc) is 2.84. The van der Waals surface area contributed by atoms with Gasteiger partial charge in [0.2, 0.25) is 10.0 Å². The minimum atomic E-state index is -3.63. The molecule has 5 rings (SSSR count). The van der Waals surface area contributed by atoms with Crippen LogP contribution in [0, 0.1) is 0 Å². The van der Waals surface area contributed by atoms with Crippen molar-refractivity contribution in [1.29, 1.82) is 0 Å². The molecule has 1 fully saturated rings. The van der Waals surface area contributed by atoms with Gasteiger partial charge in [-0.2, -0.15) is 4.31 Å². The van der Waals surface area contributed by atoms with Gasteiger partial charge in [-0.05, 0) is 43.5 Å². The van der Waals surface area contributed by atoms with Gasteiger partial charge >= 0.3 is 0 Å². The highest BCUT2D eigenvalue weighted by molar-refractivity contribution is 7.89. The molecule has 0 N–H and O–H groups in total. The number of benzene rings is 2. The SMILES string of the molecule is O=S(=O)(c1ccc(Cl)cc1)N1CCc2nc(-c3ccccc3)nc(N3CCCCC3)c2C1. The first-order valence-electron chi connectivity index (χ1n) is 11.0. The monoisotopic (exact) mass is 468 g/mol. The molecule has 0 unspecified atom stereocenters. The molecule has 1 aromatic heterocycles. The van der Waals surface area contributed by atoms with Gasteiger partial charge in [-0.25, -0.2) is 18.4 Å². The molecule has 2 aliphatic heterocycles. The summed E-state index contributed by atoms with van der Waals surface area (Å²) in [5.74, 6) is 1.59. The number of halogens is 1. The Balaban J connectivity index is 1.55. The van der Waals surface area contributed by atoms with Crippen LogP contribution in [0.3, 0.4) is 0 Å². The molecule has 3 aromatic rings. The lowest BCUT2D eigenvalue weighted by molar-refractivity contribution is 0.386. The van der Waals surface area contributed by atoms with E-state index in [2.05, 4.69) is 4.90 Å². The van der Waals surface area contributed by atoms with Crippen molar-refractivity contribution < 1.29 is 8.42 Å². The molecule has 8 heteroatoms. The van der Waals surface area contributed by atoms with Gasteiger partial charge in [0.25, 0.3) is 0 Å². The Morgan fingerprint density at radius 2 is 1.56 bits per heavy atom. The second kappa shape index (κ2) is 8.81. The number of rotatable bonds is 4. The first-order chi connectivity index (χ1) is 15.5. The van der Waals surface area contributed by atoms with E-state index < -0.39 is 10.0 Å². The van der Waals surface area contributed by atoms with Gasteiger partial charge < -0.3 is 4.90 Å². The Labute approximate surface area is 193 Å². The maximum atomic E-state index is 13.3. The second-order valence-corrected chi connectivity index (χ2v) is 10.6. The standard InChI is InChI=1S/C24H25ClN4O2S/c25-19-9-11-20(12-10-19)32(30,31)29-16-13-22-21(17-29)24(28-14-5-2-6-15-28)27-23(26-22)18-7-3-1-4-8-18/h1,3-4,7-12H,2,5-6,13-17H2. The van der Waals surface area contributed by atoms with Crippen molar-refractivity contribution in [2.75, 3.05) is 24.5 Å². The van der Waals surface area contributed by atoms with Crippen molar-refractivity contribution >= 4 is 27.4 Å². The van der Waals surface area contributed by atoms with Crippen LogP contribution in [0.15, 0.2) is 59.5 Å². The topological polar surface area (TPSA) is 66.4 Å². The van der Waals surface area contributed by atoms with Gasteiger partial charge in [0.05, 0.1) is 10.6 Å². The fourth-order valence-corrected chi connectivity index (χ4v) is 5.95. The number of sulfonamides is 1. The summed E-state index contributed by atoms with van der Waals surface area (Å²) >= 11 is 5.96. The molecular formula is C24H25ClN4O2S. The maximum absolute atomic E-state index is 13.3. The zero-order valence-electron chi connectivity index (χ0n) is 17.7. The minimum Gasteiger partial charge on any atom is -0.356 e. The first kappa shape index (κ1) is 21.4. The molecule has 2 aliphatic rings. The largest absolute Gasteiger partial charge is 0.356 e. The smallest absolute Gasteiger partial charge is 0.243 e. The fraction of sp³-hybridized carbons (Fsp3) is 0.333. The average molecular weight is 469 g/mol. The number of hydrogen-bond donors (Lipinski definition) is 0. The summed E-state index contributed by atoms with van der Waals surface area (Å²) in [6, 6.07) is 16.3. The number of piperidine rings is 1. The number of anilines is 1. The van der Waals surface area contributed by atoms with E-state index in [1.807, 2.05) is 30.3 Å². The number of hydrogen-bond acceptors (Lipinski definition) is 5. The Morgan fingerprint density at radius 3 is 2.28 bits per heavy atom. The third kappa shape index (κ3) is 4.12. The Kier molecular flexibility index (Phi) is 5.88. The van der Waals surface area contributed by atoms with Crippen LogP contribution in [0.2, 0.25) is 5.02 Å². The van der Waals surface area contributed by atoms with E-state index in [0.717, 1.165) is 48.6 Å². The third-order valence-electron chi connectivity index (χ3n) is 6.14. The van der Waals surface area contributed by atoms with E-state index in [4.69, 9.17) is 21.6 Å². The molecule has 1 saturated heterocycles. The highest BCUT2D eigenvalue weighted by Crippen LogP contribution is 2.33. The van der Waals surface area contributed by atoms with E-state index in [-0.39, 0.29) is 11.4 Å². The van der Waals surface area contributed by atoms with Gasteiger partial charge in [0.1, 0.15) is 5.82 Å². The molecule has 0 atom stereocenters. The van der Waals surface area contributed by atoms with Gasteiger partial charge in [0.15, 0.2) is 5.82 Å². The molecule has 0 aliphatic carbocycles. The normalized spacial score (nSPS) is 17.2. The highest BCUT2D eigenvalue weighted by atomic mass is 35.5. The van der Waals surface area contributed by atoms with Crippen molar-refractivity contribution in [3.63, 3.8) is 0 Å². The van der Waals surface area contributed by atoms with E-state index in [1.165, 1.54) is 10.7 Å². The molecule has 166 valence electrons. The summed E-state index contributed by atoms with van der Waals surface area (Å²) < 4.78 is 28.2. The van der Waals surface area contributed by atoms with Crippen LogP contribution in [0.1, 0.15) is 30.5 Å². The van der Waals surface area contributed by atoms with Gasteiger partial charge in [-0.1, -0.05) is 41.9 Å². The number of nitrogens with zero attached hydrogens (tertiary/aromatic N) is 4. The van der Waals surface area contributed by atoms with Crippen LogP contribution in [-0.2, 0) is 23.0 Å². The lowest BCUT2D eigenvalue weighted by atomic mass is 10.0. The predicted molar refractivity (Wildman–Crippen MR) is 126 cm³/mol. The second-order valence-electron chi connectivity index (χ2n) is 8.25. The third-order valence-corrected chi connectivity index (χ3v) is 8.25. The summed E-state index contributed by atoms with van der Waals surface area (Å²) in [4.78, 5) is 12.4. The van der Waals surface area contributed by atoms with Gasteiger partial charge in [-0.15, -0.1) is 0 Å². The molecule has 0 spiro atoms. The molecule has 0 radical (unpaired) electrons. The number of fused-ring (bicyclic) bond motifs is 1. The van der Waals surface area contributed by atoms with E-state index >= 15 is 0 Å². The van der Waals surface area contributed by atoms with E-state index in [0.29, 0.717) is 23.8 Å². The maximum Gasteiger partial charge on any atom is 0.243 e. The van der Waals surface area contributed by atoms with Gasteiger partial charge in [0, 0.05) is 48.7 Å². The Hall–Kier alpha value is -2.48. The van der Waals surface area contributed by atoms with E-state index in [1.54, 1.807) is 24.3 Å². The van der Waals surface area contributed by atoms with Crippen LogP contribution in [0.4, 0.5) is 5.82 Å². The van der Waals surface area contributed by atoms with Gasteiger partial charge in [-0.3, -0.25) is 0 Å². The molecule has 32 heavy (non-hydrogen) atoms. The number of aromatic nitrogens is 2. The highest BCUT2D eigenvalue weighted by Gasteiger charge is 2.32. The van der Waals surface area contributed by atoms with Crippen molar-refractivity contribution in [3.05, 3.63) is 70.9 Å². The fourth-order valence-electron chi connectivity index (χ4n) is 4.42. The molecular weight excluding hydrogens is 444 g/mol. The summed E-state index contributed by atoms with van der Waals surface area (Å²) in [7, 11) is -3.63. The molecule has 0 amide bonds. The minimum absolute atomic E-state index is 0.256. The van der Waals surface area contributed by atoms with Crippen LogP contribution >= 0.6 is 11.6 Å². The Morgan fingerprint density at radius 1 is 0.844 bits per heavy atom. The van der Waals surface area contributed by atoms with Crippen LogP contribution in [0.5, 0.6) is 0 Å². The lowest BCUT2D eigenvalue weighted by Crippen LogP contribution is -2.39. The first-order valence-corrected chi connectivity index (χ1v) is 12.8. The summed E-state index contributed by atoms with van der Waals surface area (Å²) in [5.41, 5.74) is 2.85. The van der Waals surface area contributed by atoms with Crippen molar-refractivity contribution in [3.8, 4) is 11.4 Å². The summed E-state index contributed by atoms with van der Waals surface area (Å²) in [6.07, 6.45) is 4.01. The quantitative estimate of drug-likeness (QED) is 0.562. The van der Waals surface area contributed by atoms with Crippen molar-refractivity contribution in [2.24, 2.45) is 0 Å². The van der Waals surface area contributed by atoms with Crippen molar-refractivity contribution in [2.45, 2.75) is 37.1 Å². The summed E-state index contributed by atoms with van der Waals surface area (Å²) in [6.45, 7) is 2.53. The van der Waals surface area contributed by atoms with Crippen molar-refractivity contribution in [1.82, 2.24) is 14.3 Å². The predicted octanol–water partition coefficient (Wildman–Crippen LogP) is 4.53. The zero-order valence-corrected chi connectivity index (χ0v) is 19.3. The molecule has 0 bridgehead atoms. The lowest BCUT2D eigenvalue weighted by Gasteiger charge is -2.34. The summed E-state index contributed by atoms with van der Waals surface area (Å²) in [5, 5.41) is 0.516. The van der Waals surface area contributed by atoms with Crippen LogP contribution in [0.25, 0.3) is 11.4 Å². The zero-order chi connectivity index (χ0) is 22.1. The Bertz CT molecular complexity index is 1210. The molecule has 6 nitrogen and oxygen atoms in total. The van der Waals surface area contributed by atoms with Crippen LogP contribution < -0.4 is 4.90 Å². The molecule has 0 saturated carbocycles. The van der Waals surface area contributed by atoms with E-state index in [9.17, 15) is 8.42 Å². The molecule has 2 aromatic carbocycles.